The highest BCUT2D eigenvalue weighted by molar-refractivity contribution is 5.95. The van der Waals surface area contributed by atoms with Gasteiger partial charge in [0, 0.05) is 25.7 Å². The summed E-state index contributed by atoms with van der Waals surface area (Å²) < 4.78 is 0. The lowest BCUT2D eigenvalue weighted by atomic mass is 9.89. The van der Waals surface area contributed by atoms with Gasteiger partial charge >= 0.3 is 0 Å². The van der Waals surface area contributed by atoms with E-state index < -0.39 is 5.41 Å². The molecule has 5 heteroatoms. The lowest BCUT2D eigenvalue weighted by Gasteiger charge is -2.22. The molecule has 1 unspecified atom stereocenters. The van der Waals surface area contributed by atoms with Crippen molar-refractivity contribution in [2.24, 2.45) is 5.41 Å². The predicted octanol–water partition coefficient (Wildman–Crippen LogP) is 1.16. The second kappa shape index (κ2) is 5.33. The standard InChI is InChI=1S/C15H17N3O2/c1-15(14(20)17-2)6-7-18(10-15)13(19)12-5-3-4-11(8-12)9-16/h3-5,8H,6-7,10H2,1-2H3,(H,17,20). The average molecular weight is 271 g/mol. The van der Waals surface area contributed by atoms with E-state index in [1.807, 2.05) is 13.0 Å². The minimum Gasteiger partial charge on any atom is -0.359 e. The minimum atomic E-state index is -0.531. The van der Waals surface area contributed by atoms with E-state index >= 15 is 0 Å². The Labute approximate surface area is 118 Å². The first-order chi connectivity index (χ1) is 9.50. The van der Waals surface area contributed by atoms with E-state index in [1.165, 1.54) is 0 Å². The third kappa shape index (κ3) is 2.50. The fraction of sp³-hybridized carbons (Fsp3) is 0.400. The van der Waals surface area contributed by atoms with Crippen LogP contribution >= 0.6 is 0 Å². The maximum Gasteiger partial charge on any atom is 0.253 e. The van der Waals surface area contributed by atoms with Crippen molar-refractivity contribution >= 4 is 11.8 Å². The number of nitrogens with one attached hydrogen (secondary N) is 1. The highest BCUT2D eigenvalue weighted by Gasteiger charge is 2.41. The van der Waals surface area contributed by atoms with Crippen LogP contribution in [0, 0.1) is 16.7 Å². The second-order valence-electron chi connectivity index (χ2n) is 5.31. The summed E-state index contributed by atoms with van der Waals surface area (Å²) in [7, 11) is 1.61. The topological polar surface area (TPSA) is 73.2 Å². The van der Waals surface area contributed by atoms with Crippen molar-refractivity contribution in [2.45, 2.75) is 13.3 Å². The van der Waals surface area contributed by atoms with Gasteiger partial charge < -0.3 is 10.2 Å². The molecule has 0 aliphatic carbocycles. The number of carbonyl (C=O) groups is 2. The zero-order chi connectivity index (χ0) is 14.8. The number of likely N-dealkylation sites (tertiary alicyclic amines) is 1. The second-order valence-corrected chi connectivity index (χ2v) is 5.31. The number of hydrogen-bond donors (Lipinski definition) is 1. The molecular formula is C15H17N3O2. The number of benzene rings is 1. The summed E-state index contributed by atoms with van der Waals surface area (Å²) in [5, 5.41) is 11.5. The zero-order valence-corrected chi connectivity index (χ0v) is 11.6. The molecular weight excluding hydrogens is 254 g/mol. The van der Waals surface area contributed by atoms with Crippen LogP contribution < -0.4 is 5.32 Å². The van der Waals surface area contributed by atoms with Crippen LogP contribution in [0.4, 0.5) is 0 Å². The number of nitrogens with zero attached hydrogens (tertiary/aromatic N) is 2. The molecule has 1 aromatic rings. The summed E-state index contributed by atoms with van der Waals surface area (Å²) in [5.74, 6) is -0.173. The molecule has 1 saturated heterocycles. The third-order valence-corrected chi connectivity index (χ3v) is 3.77. The molecule has 0 saturated carbocycles. The van der Waals surface area contributed by atoms with Crippen LogP contribution in [0.5, 0.6) is 0 Å². The molecule has 5 nitrogen and oxygen atoms in total. The van der Waals surface area contributed by atoms with Crippen molar-refractivity contribution in [1.29, 1.82) is 5.26 Å². The first-order valence-electron chi connectivity index (χ1n) is 6.52. The van der Waals surface area contributed by atoms with Crippen molar-refractivity contribution in [2.75, 3.05) is 20.1 Å². The number of hydrogen-bond acceptors (Lipinski definition) is 3. The summed E-state index contributed by atoms with van der Waals surface area (Å²) in [6, 6.07) is 8.65. The van der Waals surface area contributed by atoms with Crippen LogP contribution in [0.1, 0.15) is 29.3 Å². The Hall–Kier alpha value is -2.35. The molecule has 2 rings (SSSR count). The van der Waals surface area contributed by atoms with Gasteiger partial charge in [-0.2, -0.15) is 5.26 Å². The largest absolute Gasteiger partial charge is 0.359 e. The smallest absolute Gasteiger partial charge is 0.253 e. The Balaban J connectivity index is 2.16. The maximum atomic E-state index is 12.4. The number of amides is 2. The Morgan fingerprint density at radius 3 is 2.85 bits per heavy atom. The van der Waals surface area contributed by atoms with Crippen LogP contribution in [0.25, 0.3) is 0 Å². The molecule has 1 aliphatic rings. The van der Waals surface area contributed by atoms with E-state index in [9.17, 15) is 9.59 Å². The summed E-state index contributed by atoms with van der Waals surface area (Å²) in [6.45, 7) is 2.83. The molecule has 104 valence electrons. The molecule has 0 spiro atoms. The van der Waals surface area contributed by atoms with E-state index in [4.69, 9.17) is 5.26 Å². The van der Waals surface area contributed by atoms with Gasteiger partial charge in [-0.05, 0) is 31.5 Å². The molecule has 0 radical (unpaired) electrons. The van der Waals surface area contributed by atoms with Crippen LogP contribution in [0.2, 0.25) is 0 Å². The summed E-state index contributed by atoms with van der Waals surface area (Å²) in [4.78, 5) is 25.9. The number of nitriles is 1. The van der Waals surface area contributed by atoms with Gasteiger partial charge in [-0.1, -0.05) is 6.07 Å². The Morgan fingerprint density at radius 1 is 1.45 bits per heavy atom. The molecule has 20 heavy (non-hydrogen) atoms. The van der Waals surface area contributed by atoms with Crippen LogP contribution in [-0.4, -0.2) is 36.9 Å². The number of rotatable bonds is 2. The summed E-state index contributed by atoms with van der Waals surface area (Å²) in [6.07, 6.45) is 0.649. The third-order valence-electron chi connectivity index (χ3n) is 3.77. The molecule has 1 atom stereocenters. The van der Waals surface area contributed by atoms with Crippen LogP contribution in [0.15, 0.2) is 24.3 Å². The Morgan fingerprint density at radius 2 is 2.20 bits per heavy atom. The van der Waals surface area contributed by atoms with E-state index in [0.29, 0.717) is 30.6 Å². The van der Waals surface area contributed by atoms with Crippen LogP contribution in [-0.2, 0) is 4.79 Å². The quantitative estimate of drug-likeness (QED) is 0.877. The molecule has 2 amide bonds. The molecule has 1 N–H and O–H groups in total. The zero-order valence-electron chi connectivity index (χ0n) is 11.6. The molecule has 1 fully saturated rings. The van der Waals surface area contributed by atoms with E-state index in [0.717, 1.165) is 0 Å². The first kappa shape index (κ1) is 14.1. The SMILES string of the molecule is CNC(=O)C1(C)CCN(C(=O)c2cccc(C#N)c2)C1. The van der Waals surface area contributed by atoms with Gasteiger partial charge in [0.15, 0.2) is 0 Å². The van der Waals surface area contributed by atoms with E-state index in [1.54, 1.807) is 36.2 Å². The predicted molar refractivity (Wildman–Crippen MR) is 73.9 cm³/mol. The van der Waals surface area contributed by atoms with Crippen molar-refractivity contribution in [3.05, 3.63) is 35.4 Å². The fourth-order valence-electron chi connectivity index (χ4n) is 2.53. The van der Waals surface area contributed by atoms with Crippen molar-refractivity contribution in [3.63, 3.8) is 0 Å². The van der Waals surface area contributed by atoms with E-state index in [-0.39, 0.29) is 11.8 Å². The molecule has 1 aromatic carbocycles. The maximum absolute atomic E-state index is 12.4. The van der Waals surface area contributed by atoms with Crippen LogP contribution in [0.3, 0.4) is 0 Å². The van der Waals surface area contributed by atoms with Gasteiger partial charge in [0.25, 0.3) is 5.91 Å². The highest BCUT2D eigenvalue weighted by Crippen LogP contribution is 2.31. The minimum absolute atomic E-state index is 0.0430. The van der Waals surface area contributed by atoms with Gasteiger partial charge in [-0.3, -0.25) is 9.59 Å². The first-order valence-corrected chi connectivity index (χ1v) is 6.52. The fourth-order valence-corrected chi connectivity index (χ4v) is 2.53. The lowest BCUT2D eigenvalue weighted by molar-refractivity contribution is -0.128. The van der Waals surface area contributed by atoms with Gasteiger partial charge in [0.2, 0.25) is 5.91 Å². The number of carbonyl (C=O) groups excluding carboxylic acids is 2. The average Bonchev–Trinajstić information content (AvgIpc) is 2.89. The normalized spacial score (nSPS) is 21.4. The van der Waals surface area contributed by atoms with Gasteiger partial charge in [-0.15, -0.1) is 0 Å². The van der Waals surface area contributed by atoms with Gasteiger partial charge in [0.1, 0.15) is 0 Å². The summed E-state index contributed by atoms with van der Waals surface area (Å²) in [5.41, 5.74) is 0.423. The van der Waals surface area contributed by atoms with E-state index in [2.05, 4.69) is 5.32 Å². The Bertz CT molecular complexity index is 591. The van der Waals surface area contributed by atoms with Crippen molar-refractivity contribution in [1.82, 2.24) is 10.2 Å². The van der Waals surface area contributed by atoms with Gasteiger partial charge in [0.05, 0.1) is 17.0 Å². The monoisotopic (exact) mass is 271 g/mol. The van der Waals surface area contributed by atoms with Gasteiger partial charge in [-0.25, -0.2) is 0 Å². The molecule has 0 aromatic heterocycles. The molecule has 0 bridgehead atoms. The van der Waals surface area contributed by atoms with Crippen molar-refractivity contribution in [3.8, 4) is 6.07 Å². The lowest BCUT2D eigenvalue weighted by Crippen LogP contribution is -2.40. The van der Waals surface area contributed by atoms with Crippen molar-refractivity contribution < 1.29 is 9.59 Å². The Kier molecular flexibility index (Phi) is 3.75. The highest BCUT2D eigenvalue weighted by atomic mass is 16.2. The molecule has 1 aliphatic heterocycles. The molecule has 1 heterocycles. The summed E-state index contributed by atoms with van der Waals surface area (Å²) >= 11 is 0.